The molecule has 0 aliphatic rings. The van der Waals surface area contributed by atoms with E-state index in [2.05, 4.69) is 10.3 Å². The summed E-state index contributed by atoms with van der Waals surface area (Å²) in [6.45, 7) is 4.35. The van der Waals surface area contributed by atoms with E-state index in [-0.39, 0.29) is 6.04 Å². The Morgan fingerprint density at radius 3 is 2.18 bits per heavy atom. The molecule has 0 amide bonds. The first kappa shape index (κ1) is 14.0. The molecule has 0 spiro atoms. The second-order valence-electron chi connectivity index (χ2n) is 4.16. The van der Waals surface area contributed by atoms with Crippen molar-refractivity contribution in [1.29, 1.82) is 0 Å². The molecule has 0 aliphatic carbocycles. The predicted molar refractivity (Wildman–Crippen MR) is 59.5 cm³/mol. The lowest BCUT2D eigenvalue weighted by Gasteiger charge is -2.16. The Labute approximate surface area is 98.7 Å². The Balaban J connectivity index is 2.55. The summed E-state index contributed by atoms with van der Waals surface area (Å²) in [6.07, 6.45) is -4.31. The molecule has 0 radical (unpaired) electrons. The van der Waals surface area contributed by atoms with Crippen LogP contribution in [0.3, 0.4) is 0 Å². The highest BCUT2D eigenvalue weighted by Gasteiger charge is 2.28. The van der Waals surface area contributed by atoms with Crippen molar-refractivity contribution in [3.8, 4) is 0 Å². The van der Waals surface area contributed by atoms with Crippen LogP contribution in [0.2, 0.25) is 0 Å². The van der Waals surface area contributed by atoms with Gasteiger partial charge in [0.2, 0.25) is 0 Å². The summed E-state index contributed by atoms with van der Waals surface area (Å²) in [5.41, 5.74) is 5.44. The number of aryl methyl sites for hydroxylation is 2. The average Bonchev–Trinajstić information content (AvgIpc) is 2.13. The topological polar surface area (TPSA) is 21.3 Å². The quantitative estimate of drug-likeness (QED) is 0.823. The number of hydroxylamine groups is 1. The molecule has 0 saturated heterocycles. The smallest absolute Gasteiger partial charge is 0.292 e. The van der Waals surface area contributed by atoms with E-state index in [0.29, 0.717) is 0 Å². The molecule has 1 unspecified atom stereocenters. The van der Waals surface area contributed by atoms with Gasteiger partial charge in [0.25, 0.3) is 0 Å². The lowest BCUT2D eigenvalue weighted by molar-refractivity contribution is -0.192. The van der Waals surface area contributed by atoms with E-state index in [1.54, 1.807) is 6.92 Å². The summed E-state index contributed by atoms with van der Waals surface area (Å²) < 4.78 is 35.6. The van der Waals surface area contributed by atoms with Gasteiger partial charge in [0.05, 0.1) is 6.04 Å². The molecule has 1 atom stereocenters. The van der Waals surface area contributed by atoms with E-state index >= 15 is 0 Å². The van der Waals surface area contributed by atoms with Gasteiger partial charge in [-0.25, -0.2) is 0 Å². The van der Waals surface area contributed by atoms with Crippen LogP contribution in [-0.4, -0.2) is 12.8 Å². The van der Waals surface area contributed by atoms with Gasteiger partial charge in [0.1, 0.15) is 0 Å². The Morgan fingerprint density at radius 1 is 1.18 bits per heavy atom. The maximum absolute atomic E-state index is 11.9. The normalized spacial score (nSPS) is 13.8. The van der Waals surface area contributed by atoms with E-state index in [1.165, 1.54) is 0 Å². The second-order valence-corrected chi connectivity index (χ2v) is 4.16. The Kier molecular flexibility index (Phi) is 4.54. The maximum Gasteiger partial charge on any atom is 0.413 e. The molecule has 0 aliphatic heterocycles. The van der Waals surface area contributed by atoms with Crippen LogP contribution >= 0.6 is 0 Å². The summed E-state index contributed by atoms with van der Waals surface area (Å²) in [5.74, 6) is 0. The van der Waals surface area contributed by atoms with Crippen LogP contribution in [0.5, 0.6) is 0 Å². The minimum atomic E-state index is -4.31. The maximum atomic E-state index is 11.9. The Morgan fingerprint density at radius 2 is 1.71 bits per heavy atom. The summed E-state index contributed by atoms with van der Waals surface area (Å²) in [7, 11) is 0. The van der Waals surface area contributed by atoms with Crippen molar-refractivity contribution in [3.05, 3.63) is 34.9 Å². The fourth-order valence-corrected chi connectivity index (χ4v) is 1.58. The van der Waals surface area contributed by atoms with E-state index in [0.717, 1.165) is 16.7 Å². The van der Waals surface area contributed by atoms with Gasteiger partial charge >= 0.3 is 6.18 Å². The molecule has 2 nitrogen and oxygen atoms in total. The van der Waals surface area contributed by atoms with E-state index in [9.17, 15) is 13.2 Å². The second kappa shape index (κ2) is 5.51. The standard InChI is InChI=1S/C12H16F3NO/c1-8-4-9(2)6-11(5-8)10(3)16-17-7-12(13,14)15/h4-6,10,16H,7H2,1-3H3. The number of benzene rings is 1. The number of halogens is 3. The zero-order valence-electron chi connectivity index (χ0n) is 10.1. The van der Waals surface area contributed by atoms with Gasteiger partial charge in [0, 0.05) is 0 Å². The SMILES string of the molecule is Cc1cc(C)cc(C(C)NOCC(F)(F)F)c1. The Hall–Kier alpha value is -1.07. The minimum absolute atomic E-state index is 0.282. The van der Waals surface area contributed by atoms with Gasteiger partial charge in [-0.05, 0) is 26.3 Å². The van der Waals surface area contributed by atoms with Crippen LogP contribution in [0.25, 0.3) is 0 Å². The third-order valence-corrected chi connectivity index (χ3v) is 2.24. The molecule has 1 N–H and O–H groups in total. The molecular formula is C12H16F3NO. The van der Waals surface area contributed by atoms with Crippen molar-refractivity contribution in [2.45, 2.75) is 33.0 Å². The molecule has 1 aromatic carbocycles. The summed E-state index contributed by atoms with van der Waals surface area (Å²) in [6, 6.07) is 5.56. The largest absolute Gasteiger partial charge is 0.413 e. The highest BCUT2D eigenvalue weighted by molar-refractivity contribution is 5.30. The molecule has 96 valence electrons. The molecular weight excluding hydrogens is 231 g/mol. The molecule has 0 aromatic heterocycles. The third-order valence-electron chi connectivity index (χ3n) is 2.24. The van der Waals surface area contributed by atoms with Crippen LogP contribution in [0.4, 0.5) is 13.2 Å². The van der Waals surface area contributed by atoms with Crippen LogP contribution in [0.1, 0.15) is 29.7 Å². The molecule has 5 heteroatoms. The predicted octanol–water partition coefficient (Wildman–Crippen LogP) is 3.45. The lowest BCUT2D eigenvalue weighted by Crippen LogP contribution is -2.26. The number of alkyl halides is 3. The molecule has 17 heavy (non-hydrogen) atoms. The first-order valence-electron chi connectivity index (χ1n) is 5.30. The summed E-state index contributed by atoms with van der Waals surface area (Å²) >= 11 is 0. The fraction of sp³-hybridized carbons (Fsp3) is 0.500. The molecule has 0 saturated carbocycles. The lowest BCUT2D eigenvalue weighted by atomic mass is 10.0. The monoisotopic (exact) mass is 247 g/mol. The minimum Gasteiger partial charge on any atom is -0.292 e. The van der Waals surface area contributed by atoms with Gasteiger partial charge in [-0.3, -0.25) is 4.84 Å². The van der Waals surface area contributed by atoms with Crippen molar-refractivity contribution < 1.29 is 18.0 Å². The molecule has 1 rings (SSSR count). The summed E-state index contributed by atoms with van der Waals surface area (Å²) in [4.78, 5) is 4.42. The van der Waals surface area contributed by atoms with Crippen molar-refractivity contribution in [3.63, 3.8) is 0 Å². The first-order chi connectivity index (χ1) is 7.78. The molecule has 1 aromatic rings. The zero-order valence-corrected chi connectivity index (χ0v) is 10.1. The van der Waals surface area contributed by atoms with Crippen LogP contribution < -0.4 is 5.48 Å². The van der Waals surface area contributed by atoms with Gasteiger partial charge in [-0.1, -0.05) is 29.3 Å². The fourth-order valence-electron chi connectivity index (χ4n) is 1.58. The zero-order chi connectivity index (χ0) is 13.1. The van der Waals surface area contributed by atoms with Crippen molar-refractivity contribution >= 4 is 0 Å². The molecule has 0 fully saturated rings. The van der Waals surface area contributed by atoms with E-state index < -0.39 is 12.8 Å². The van der Waals surface area contributed by atoms with Crippen molar-refractivity contribution in [1.82, 2.24) is 5.48 Å². The van der Waals surface area contributed by atoms with Crippen LogP contribution in [0.15, 0.2) is 18.2 Å². The number of nitrogens with one attached hydrogen (secondary N) is 1. The Bertz CT molecular complexity index is 356. The average molecular weight is 247 g/mol. The van der Waals surface area contributed by atoms with Gasteiger partial charge in [-0.2, -0.15) is 18.7 Å². The highest BCUT2D eigenvalue weighted by atomic mass is 19.4. The number of hydrogen-bond donors (Lipinski definition) is 1. The van der Waals surface area contributed by atoms with Crippen LogP contribution in [0, 0.1) is 13.8 Å². The van der Waals surface area contributed by atoms with Gasteiger partial charge < -0.3 is 0 Å². The summed E-state index contributed by atoms with van der Waals surface area (Å²) in [5, 5.41) is 0. The van der Waals surface area contributed by atoms with Crippen molar-refractivity contribution in [2.75, 3.05) is 6.61 Å². The van der Waals surface area contributed by atoms with Crippen molar-refractivity contribution in [2.24, 2.45) is 0 Å². The number of hydrogen-bond acceptors (Lipinski definition) is 2. The third kappa shape index (κ3) is 5.19. The van der Waals surface area contributed by atoms with Gasteiger partial charge in [0.15, 0.2) is 6.61 Å². The van der Waals surface area contributed by atoms with Gasteiger partial charge in [-0.15, -0.1) is 0 Å². The first-order valence-corrected chi connectivity index (χ1v) is 5.30. The van der Waals surface area contributed by atoms with E-state index in [1.807, 2.05) is 32.0 Å². The van der Waals surface area contributed by atoms with E-state index in [4.69, 9.17) is 0 Å². The molecule has 0 heterocycles. The van der Waals surface area contributed by atoms with Crippen LogP contribution in [-0.2, 0) is 4.84 Å². The highest BCUT2D eigenvalue weighted by Crippen LogP contribution is 2.18. The number of rotatable bonds is 4. The molecule has 0 bridgehead atoms.